The van der Waals surface area contributed by atoms with E-state index in [9.17, 15) is 4.79 Å². The van der Waals surface area contributed by atoms with Crippen LogP contribution in [0.4, 0.5) is 0 Å². The molecule has 1 amide bonds. The van der Waals surface area contributed by atoms with Gasteiger partial charge in [0, 0.05) is 28.3 Å². The molecule has 128 valence electrons. The van der Waals surface area contributed by atoms with Crippen molar-refractivity contribution in [2.24, 2.45) is 0 Å². The van der Waals surface area contributed by atoms with E-state index >= 15 is 0 Å². The number of benzene rings is 2. The topological polar surface area (TPSA) is 29.1 Å². The second kappa shape index (κ2) is 10.9. The van der Waals surface area contributed by atoms with Gasteiger partial charge < -0.3 is 5.32 Å². The molecule has 0 unspecified atom stereocenters. The highest BCUT2D eigenvalue weighted by Gasteiger charge is 2.02. The van der Waals surface area contributed by atoms with Gasteiger partial charge in [0.2, 0.25) is 5.91 Å². The first-order valence-corrected chi connectivity index (χ1v) is 11.0. The highest BCUT2D eigenvalue weighted by Crippen LogP contribution is 2.17. The summed E-state index contributed by atoms with van der Waals surface area (Å²) >= 11 is 6.96. The lowest BCUT2D eigenvalue weighted by molar-refractivity contribution is -0.118. The molecule has 0 aromatic heterocycles. The van der Waals surface area contributed by atoms with E-state index in [0.29, 0.717) is 5.75 Å². The molecule has 0 fully saturated rings. The van der Waals surface area contributed by atoms with Crippen LogP contribution in [0.2, 0.25) is 0 Å². The third-order valence-corrected chi connectivity index (χ3v) is 5.84. The van der Waals surface area contributed by atoms with Crippen LogP contribution in [0.15, 0.2) is 53.0 Å². The molecule has 0 aliphatic carbocycles. The van der Waals surface area contributed by atoms with Crippen molar-refractivity contribution in [2.75, 3.05) is 18.1 Å². The Kier molecular flexibility index (Phi) is 8.78. The molecule has 0 spiro atoms. The van der Waals surface area contributed by atoms with Gasteiger partial charge in [-0.3, -0.25) is 4.79 Å². The zero-order chi connectivity index (χ0) is 17.2. The molecule has 2 rings (SSSR count). The highest BCUT2D eigenvalue weighted by molar-refractivity contribution is 9.10. The summed E-state index contributed by atoms with van der Waals surface area (Å²) in [6.45, 7) is 2.84. The third-order valence-electron chi connectivity index (χ3n) is 3.31. The SMILES string of the molecule is Cc1cccc(CSCCNC(=O)CSCc2cccc(Br)c2)c1. The quantitative estimate of drug-likeness (QED) is 0.572. The lowest BCUT2D eigenvalue weighted by atomic mass is 10.2. The molecular formula is C19H22BrNOS2. The minimum Gasteiger partial charge on any atom is -0.355 e. The van der Waals surface area contributed by atoms with Gasteiger partial charge in [0.15, 0.2) is 0 Å². The van der Waals surface area contributed by atoms with Crippen LogP contribution >= 0.6 is 39.5 Å². The molecule has 0 aliphatic rings. The Balaban J connectivity index is 1.53. The molecule has 24 heavy (non-hydrogen) atoms. The number of hydrogen-bond acceptors (Lipinski definition) is 3. The molecule has 0 saturated heterocycles. The predicted molar refractivity (Wildman–Crippen MR) is 111 cm³/mol. The number of aryl methyl sites for hydroxylation is 1. The normalized spacial score (nSPS) is 10.6. The van der Waals surface area contributed by atoms with Gasteiger partial charge in [-0.1, -0.05) is 57.9 Å². The van der Waals surface area contributed by atoms with E-state index in [1.807, 2.05) is 23.9 Å². The second-order valence-corrected chi connectivity index (χ2v) is 8.52. The molecule has 0 bridgehead atoms. The fraction of sp³-hybridized carbons (Fsp3) is 0.316. The molecule has 0 aliphatic heterocycles. The van der Waals surface area contributed by atoms with E-state index in [1.54, 1.807) is 11.8 Å². The first kappa shape index (κ1) is 19.4. The van der Waals surface area contributed by atoms with E-state index < -0.39 is 0 Å². The fourth-order valence-electron chi connectivity index (χ4n) is 2.19. The zero-order valence-electron chi connectivity index (χ0n) is 13.8. The number of carbonyl (C=O) groups excluding carboxylic acids is 1. The first-order valence-electron chi connectivity index (χ1n) is 7.85. The van der Waals surface area contributed by atoms with Crippen molar-refractivity contribution in [1.29, 1.82) is 0 Å². The van der Waals surface area contributed by atoms with Crippen LogP contribution in [0.5, 0.6) is 0 Å². The van der Waals surface area contributed by atoms with Gasteiger partial charge in [0.05, 0.1) is 5.75 Å². The predicted octanol–water partition coefficient (Wildman–Crippen LogP) is 5.04. The molecule has 5 heteroatoms. The Morgan fingerprint density at radius 1 is 1.04 bits per heavy atom. The monoisotopic (exact) mass is 423 g/mol. The van der Waals surface area contributed by atoms with Crippen LogP contribution in [0, 0.1) is 6.92 Å². The van der Waals surface area contributed by atoms with Crippen LogP contribution in [-0.4, -0.2) is 24.0 Å². The number of carbonyl (C=O) groups is 1. The van der Waals surface area contributed by atoms with Crippen LogP contribution in [0.3, 0.4) is 0 Å². The van der Waals surface area contributed by atoms with Crippen molar-refractivity contribution in [1.82, 2.24) is 5.32 Å². The molecule has 0 atom stereocenters. The summed E-state index contributed by atoms with van der Waals surface area (Å²) in [7, 11) is 0. The van der Waals surface area contributed by atoms with Gasteiger partial charge in [-0.15, -0.1) is 11.8 Å². The van der Waals surface area contributed by atoms with Crippen molar-refractivity contribution >= 4 is 45.4 Å². The fourth-order valence-corrected chi connectivity index (χ4v) is 4.25. The van der Waals surface area contributed by atoms with Crippen molar-refractivity contribution in [2.45, 2.75) is 18.4 Å². The van der Waals surface area contributed by atoms with Gasteiger partial charge in [0.1, 0.15) is 0 Å². The van der Waals surface area contributed by atoms with E-state index in [2.05, 4.69) is 64.6 Å². The Bertz CT molecular complexity index is 663. The van der Waals surface area contributed by atoms with E-state index in [1.165, 1.54) is 16.7 Å². The summed E-state index contributed by atoms with van der Waals surface area (Å²) in [4.78, 5) is 11.8. The van der Waals surface area contributed by atoms with Crippen molar-refractivity contribution in [3.05, 3.63) is 69.7 Å². The minimum absolute atomic E-state index is 0.117. The summed E-state index contributed by atoms with van der Waals surface area (Å²) < 4.78 is 1.08. The maximum Gasteiger partial charge on any atom is 0.230 e. The van der Waals surface area contributed by atoms with E-state index in [0.717, 1.165) is 28.3 Å². The minimum atomic E-state index is 0.117. The molecule has 2 nitrogen and oxygen atoms in total. The van der Waals surface area contributed by atoms with Crippen molar-refractivity contribution in [3.8, 4) is 0 Å². The smallest absolute Gasteiger partial charge is 0.230 e. The van der Waals surface area contributed by atoms with Gasteiger partial charge in [-0.25, -0.2) is 0 Å². The number of rotatable bonds is 9. The molecular weight excluding hydrogens is 402 g/mol. The first-order chi connectivity index (χ1) is 11.6. The summed E-state index contributed by atoms with van der Waals surface area (Å²) in [6, 6.07) is 16.8. The van der Waals surface area contributed by atoms with Gasteiger partial charge in [-0.2, -0.15) is 11.8 Å². The maximum atomic E-state index is 11.8. The number of halogens is 1. The Labute approximate surface area is 161 Å². The molecule has 2 aromatic carbocycles. The summed E-state index contributed by atoms with van der Waals surface area (Å²) in [5.41, 5.74) is 3.87. The Morgan fingerprint density at radius 2 is 1.75 bits per heavy atom. The average molecular weight is 424 g/mol. The van der Waals surface area contributed by atoms with Crippen molar-refractivity contribution < 1.29 is 4.79 Å². The van der Waals surface area contributed by atoms with E-state index in [-0.39, 0.29) is 5.91 Å². The summed E-state index contributed by atoms with van der Waals surface area (Å²) in [6.07, 6.45) is 0. The average Bonchev–Trinajstić information content (AvgIpc) is 2.55. The Hall–Kier alpha value is -0.910. The zero-order valence-corrected chi connectivity index (χ0v) is 17.0. The van der Waals surface area contributed by atoms with Crippen LogP contribution in [-0.2, 0) is 16.3 Å². The van der Waals surface area contributed by atoms with Crippen molar-refractivity contribution in [3.63, 3.8) is 0 Å². The van der Waals surface area contributed by atoms with Crippen LogP contribution < -0.4 is 5.32 Å². The molecule has 0 saturated carbocycles. The molecule has 2 aromatic rings. The summed E-state index contributed by atoms with van der Waals surface area (Å²) in [5.74, 6) is 3.42. The number of thioether (sulfide) groups is 2. The van der Waals surface area contributed by atoms with Gasteiger partial charge in [0.25, 0.3) is 0 Å². The van der Waals surface area contributed by atoms with Crippen LogP contribution in [0.1, 0.15) is 16.7 Å². The number of amides is 1. The number of hydrogen-bond donors (Lipinski definition) is 1. The maximum absolute atomic E-state index is 11.8. The third kappa shape index (κ3) is 7.77. The second-order valence-electron chi connectivity index (χ2n) is 5.51. The molecule has 1 N–H and O–H groups in total. The summed E-state index contributed by atoms with van der Waals surface area (Å²) in [5, 5.41) is 2.99. The number of nitrogens with one attached hydrogen (secondary N) is 1. The highest BCUT2D eigenvalue weighted by atomic mass is 79.9. The molecule has 0 heterocycles. The molecule has 0 radical (unpaired) electrons. The van der Waals surface area contributed by atoms with Crippen LogP contribution in [0.25, 0.3) is 0 Å². The van der Waals surface area contributed by atoms with Gasteiger partial charge in [-0.05, 0) is 30.2 Å². The van der Waals surface area contributed by atoms with Gasteiger partial charge >= 0.3 is 0 Å². The standard InChI is InChI=1S/C19H22BrNOS2/c1-15-4-2-5-16(10-15)12-23-9-8-21-19(22)14-24-13-17-6-3-7-18(20)11-17/h2-7,10-11H,8-9,12-14H2,1H3,(H,21,22). The Morgan fingerprint density at radius 3 is 2.50 bits per heavy atom. The largest absolute Gasteiger partial charge is 0.355 e. The van der Waals surface area contributed by atoms with E-state index in [4.69, 9.17) is 0 Å². The lowest BCUT2D eigenvalue weighted by Gasteiger charge is -2.06. The lowest BCUT2D eigenvalue weighted by Crippen LogP contribution is -2.27.